The fraction of sp³-hybridized carbons (Fsp3) is 0.250. The third-order valence-corrected chi connectivity index (χ3v) is 5.18. The summed E-state index contributed by atoms with van der Waals surface area (Å²) in [7, 11) is -3.34. The Hall–Kier alpha value is -2.49. The van der Waals surface area contributed by atoms with Gasteiger partial charge >= 0.3 is 0 Å². The lowest BCUT2D eigenvalue weighted by Gasteiger charge is -2.12. The Labute approximate surface area is 164 Å². The molecular weight excluding hydrogens is 382 g/mol. The molecule has 2 aromatic carbocycles. The molecule has 27 heavy (non-hydrogen) atoms. The zero-order valence-electron chi connectivity index (χ0n) is 15.2. The van der Waals surface area contributed by atoms with Crippen molar-refractivity contribution in [2.75, 3.05) is 11.0 Å². The van der Waals surface area contributed by atoms with Crippen LogP contribution in [0.4, 0.5) is 5.69 Å². The number of aromatic nitrogens is 1. The Kier molecular flexibility index (Phi) is 5.45. The molecule has 0 saturated heterocycles. The van der Waals surface area contributed by atoms with E-state index in [2.05, 4.69) is 22.3 Å². The zero-order valence-corrected chi connectivity index (χ0v) is 16.7. The van der Waals surface area contributed by atoms with E-state index in [1.165, 1.54) is 0 Å². The van der Waals surface area contributed by atoms with E-state index in [0.717, 1.165) is 47.8 Å². The Morgan fingerprint density at radius 3 is 2.48 bits per heavy atom. The molecule has 0 spiro atoms. The number of hydrogen-bond donors (Lipinski definition) is 1. The number of benzene rings is 2. The Morgan fingerprint density at radius 1 is 1.19 bits per heavy atom. The second-order valence-corrected chi connectivity index (χ2v) is 8.64. The molecule has 5 nitrogen and oxygen atoms in total. The maximum absolute atomic E-state index is 11.4. The highest BCUT2D eigenvalue weighted by Crippen LogP contribution is 2.35. The van der Waals surface area contributed by atoms with Crippen LogP contribution in [-0.4, -0.2) is 19.2 Å². The smallest absolute Gasteiger partial charge is 0.229 e. The van der Waals surface area contributed by atoms with Crippen LogP contribution in [0.1, 0.15) is 25.3 Å². The SMILES string of the molecule is CCCCn1c(-c2ccc(NS(C)(=O)=O)cc2)c(C#N)c2cc(Cl)ccc21. The molecule has 3 rings (SSSR count). The van der Waals surface area contributed by atoms with Gasteiger partial charge in [0, 0.05) is 28.2 Å². The number of halogens is 1. The van der Waals surface area contributed by atoms with Crippen molar-refractivity contribution in [1.82, 2.24) is 4.57 Å². The Bertz CT molecular complexity index is 1130. The van der Waals surface area contributed by atoms with Gasteiger partial charge in [0.15, 0.2) is 0 Å². The van der Waals surface area contributed by atoms with Crippen molar-refractivity contribution in [3.63, 3.8) is 0 Å². The molecule has 0 aliphatic carbocycles. The van der Waals surface area contributed by atoms with Gasteiger partial charge in [0.1, 0.15) is 6.07 Å². The number of nitrogens with one attached hydrogen (secondary N) is 1. The van der Waals surface area contributed by atoms with Crippen LogP contribution in [0.5, 0.6) is 0 Å². The van der Waals surface area contributed by atoms with Crippen LogP contribution in [-0.2, 0) is 16.6 Å². The molecule has 0 amide bonds. The van der Waals surface area contributed by atoms with Crippen molar-refractivity contribution >= 4 is 38.2 Å². The van der Waals surface area contributed by atoms with Gasteiger partial charge in [0.05, 0.1) is 17.5 Å². The van der Waals surface area contributed by atoms with Crippen molar-refractivity contribution in [1.29, 1.82) is 5.26 Å². The molecule has 0 aliphatic rings. The van der Waals surface area contributed by atoms with Crippen molar-refractivity contribution in [3.05, 3.63) is 53.1 Å². The minimum absolute atomic E-state index is 0.485. The maximum atomic E-state index is 11.4. The molecule has 0 saturated carbocycles. The number of fused-ring (bicyclic) bond motifs is 1. The van der Waals surface area contributed by atoms with E-state index in [1.54, 1.807) is 12.1 Å². The lowest BCUT2D eigenvalue weighted by atomic mass is 10.1. The van der Waals surface area contributed by atoms with E-state index in [9.17, 15) is 13.7 Å². The second-order valence-electron chi connectivity index (χ2n) is 6.45. The molecule has 1 heterocycles. The van der Waals surface area contributed by atoms with Crippen molar-refractivity contribution in [2.24, 2.45) is 0 Å². The maximum Gasteiger partial charge on any atom is 0.229 e. The first-order valence-electron chi connectivity index (χ1n) is 8.64. The van der Waals surface area contributed by atoms with Crippen LogP contribution in [0.25, 0.3) is 22.2 Å². The molecule has 0 aliphatic heterocycles. The van der Waals surface area contributed by atoms with Gasteiger partial charge in [-0.1, -0.05) is 37.1 Å². The van der Waals surface area contributed by atoms with Crippen LogP contribution in [0.3, 0.4) is 0 Å². The first kappa shape index (κ1) is 19.3. The fourth-order valence-electron chi connectivity index (χ4n) is 3.20. The molecule has 1 N–H and O–H groups in total. The molecule has 0 bridgehead atoms. The van der Waals surface area contributed by atoms with Crippen LogP contribution >= 0.6 is 11.6 Å². The molecule has 0 fully saturated rings. The first-order valence-corrected chi connectivity index (χ1v) is 10.9. The standard InChI is InChI=1S/C20H20ClN3O2S/c1-3-4-11-24-19-10-7-15(21)12-17(19)18(13-22)20(24)14-5-8-16(9-6-14)23-27(2,25)26/h5-10,12,23H,3-4,11H2,1-2H3. The minimum Gasteiger partial charge on any atom is -0.339 e. The summed E-state index contributed by atoms with van der Waals surface area (Å²) in [5.74, 6) is 0. The van der Waals surface area contributed by atoms with Gasteiger partial charge in [-0.05, 0) is 42.3 Å². The van der Waals surface area contributed by atoms with Gasteiger partial charge < -0.3 is 4.57 Å². The van der Waals surface area contributed by atoms with Gasteiger partial charge in [0.25, 0.3) is 0 Å². The third-order valence-electron chi connectivity index (χ3n) is 4.33. The van der Waals surface area contributed by atoms with Crippen LogP contribution in [0, 0.1) is 11.3 Å². The van der Waals surface area contributed by atoms with E-state index in [4.69, 9.17) is 11.6 Å². The number of nitriles is 1. The number of nitrogens with zero attached hydrogens (tertiary/aromatic N) is 2. The van der Waals surface area contributed by atoms with Crippen molar-refractivity contribution in [3.8, 4) is 17.3 Å². The fourth-order valence-corrected chi connectivity index (χ4v) is 3.94. The van der Waals surface area contributed by atoms with E-state index >= 15 is 0 Å². The van der Waals surface area contributed by atoms with Gasteiger partial charge in [0.2, 0.25) is 10.0 Å². The summed E-state index contributed by atoms with van der Waals surface area (Å²) >= 11 is 6.16. The summed E-state index contributed by atoms with van der Waals surface area (Å²) < 4.78 is 27.4. The first-order chi connectivity index (χ1) is 12.8. The lowest BCUT2D eigenvalue weighted by molar-refractivity contribution is 0.607. The Morgan fingerprint density at radius 2 is 1.89 bits per heavy atom. The second kappa shape index (κ2) is 7.63. The van der Waals surface area contributed by atoms with Gasteiger partial charge in [-0.3, -0.25) is 4.72 Å². The number of anilines is 1. The summed E-state index contributed by atoms with van der Waals surface area (Å²) in [6, 6.07) is 15.0. The lowest BCUT2D eigenvalue weighted by Crippen LogP contribution is -2.09. The highest BCUT2D eigenvalue weighted by Gasteiger charge is 2.19. The number of hydrogen-bond acceptors (Lipinski definition) is 3. The highest BCUT2D eigenvalue weighted by molar-refractivity contribution is 7.92. The van der Waals surface area contributed by atoms with E-state index in [0.29, 0.717) is 16.3 Å². The quantitative estimate of drug-likeness (QED) is 0.631. The van der Waals surface area contributed by atoms with Gasteiger partial charge in [-0.15, -0.1) is 0 Å². The normalized spacial score (nSPS) is 11.5. The average molecular weight is 402 g/mol. The van der Waals surface area contributed by atoms with E-state index in [-0.39, 0.29) is 0 Å². The molecule has 0 atom stereocenters. The predicted octanol–water partition coefficient (Wildman–Crippen LogP) is 5.00. The minimum atomic E-state index is -3.34. The summed E-state index contributed by atoms with van der Waals surface area (Å²) in [6.45, 7) is 2.91. The summed E-state index contributed by atoms with van der Waals surface area (Å²) in [5, 5.41) is 11.2. The monoisotopic (exact) mass is 401 g/mol. The van der Waals surface area contributed by atoms with Crippen molar-refractivity contribution in [2.45, 2.75) is 26.3 Å². The van der Waals surface area contributed by atoms with Crippen LogP contribution in [0.15, 0.2) is 42.5 Å². The number of aryl methyl sites for hydroxylation is 1. The van der Waals surface area contributed by atoms with E-state index in [1.807, 2.05) is 30.3 Å². The number of unbranched alkanes of at least 4 members (excludes halogenated alkanes) is 1. The third kappa shape index (κ3) is 4.10. The molecule has 1 aromatic heterocycles. The summed E-state index contributed by atoms with van der Waals surface area (Å²) in [5.41, 5.74) is 3.72. The zero-order chi connectivity index (χ0) is 19.6. The van der Waals surface area contributed by atoms with E-state index < -0.39 is 10.0 Å². The Balaban J connectivity index is 2.19. The topological polar surface area (TPSA) is 74.9 Å². The predicted molar refractivity (Wildman–Crippen MR) is 110 cm³/mol. The largest absolute Gasteiger partial charge is 0.339 e. The molecule has 0 unspecified atom stereocenters. The molecule has 140 valence electrons. The summed E-state index contributed by atoms with van der Waals surface area (Å²) in [4.78, 5) is 0. The van der Waals surface area contributed by atoms with Gasteiger partial charge in [-0.2, -0.15) is 5.26 Å². The average Bonchev–Trinajstić information content (AvgIpc) is 2.91. The van der Waals surface area contributed by atoms with Crippen LogP contribution < -0.4 is 4.72 Å². The summed E-state index contributed by atoms with van der Waals surface area (Å²) in [6.07, 6.45) is 3.13. The number of rotatable bonds is 6. The van der Waals surface area contributed by atoms with Crippen LogP contribution in [0.2, 0.25) is 5.02 Å². The molecule has 3 aromatic rings. The molecule has 0 radical (unpaired) electrons. The number of sulfonamides is 1. The molecule has 7 heteroatoms. The van der Waals surface area contributed by atoms with Gasteiger partial charge in [-0.25, -0.2) is 8.42 Å². The highest BCUT2D eigenvalue weighted by atomic mass is 35.5. The van der Waals surface area contributed by atoms with Crippen molar-refractivity contribution < 1.29 is 8.42 Å². The molecular formula is C20H20ClN3O2S.